The number of rotatable bonds is 7. The molecule has 0 spiro atoms. The van der Waals surface area contributed by atoms with Crippen LogP contribution in [0, 0.1) is 11.8 Å². The Balaban J connectivity index is 1.64. The number of hydrogen-bond donors (Lipinski definition) is 2. The maximum absolute atomic E-state index is 13.1. The predicted octanol–water partition coefficient (Wildman–Crippen LogP) is 2.04. The molecular weight excluding hydrogens is 424 g/mol. The molecule has 0 bridgehead atoms. The molecule has 2 unspecified atom stereocenters. The van der Waals surface area contributed by atoms with Crippen LogP contribution in [-0.2, 0) is 38.7 Å². The van der Waals surface area contributed by atoms with E-state index in [9.17, 15) is 19.2 Å². The highest BCUT2D eigenvalue weighted by Crippen LogP contribution is 2.18. The highest BCUT2D eigenvalue weighted by Gasteiger charge is 2.32. The first kappa shape index (κ1) is 24.2. The molecule has 33 heavy (non-hydrogen) atoms. The third-order valence-corrected chi connectivity index (χ3v) is 5.73. The number of ketones is 2. The summed E-state index contributed by atoms with van der Waals surface area (Å²) in [5, 5.41) is 5.25. The largest absolute Gasteiger partial charge is 0.445 e. The lowest BCUT2D eigenvalue weighted by molar-refractivity contribution is -0.141. The number of fused-ring (bicyclic) bond motifs is 1. The van der Waals surface area contributed by atoms with Crippen molar-refractivity contribution < 1.29 is 23.9 Å². The third kappa shape index (κ3) is 6.74. The van der Waals surface area contributed by atoms with Gasteiger partial charge in [0.15, 0.2) is 5.78 Å². The van der Waals surface area contributed by atoms with Crippen LogP contribution in [0.5, 0.6) is 0 Å². The van der Waals surface area contributed by atoms with Crippen LogP contribution in [0.4, 0.5) is 4.79 Å². The van der Waals surface area contributed by atoms with Crippen molar-refractivity contribution in [2.45, 2.75) is 52.3 Å². The van der Waals surface area contributed by atoms with Crippen LogP contribution in [-0.4, -0.2) is 45.7 Å². The Morgan fingerprint density at radius 1 is 1.24 bits per heavy atom. The standard InChI is InChI=1S/C24H30N4O5/c1-16(2)21(27-24(32)33-14-17-6-4-3-5-7-17)20(29)12-18-9-11-28-15-25-13-19(28)8-10-26-23(31)22(18)30/h3-7,13,15-16,18,21H,8-12,14H2,1-2H3,(H,26,31)(H,27,32). The SMILES string of the molecule is CC(C)C(NC(=O)OCc1ccccc1)C(=O)CC1CCn2cncc2CCNC(=O)C1=O. The molecule has 0 saturated heterocycles. The van der Waals surface area contributed by atoms with Gasteiger partial charge in [-0.05, 0) is 17.9 Å². The molecule has 1 aliphatic heterocycles. The topological polar surface area (TPSA) is 119 Å². The van der Waals surface area contributed by atoms with Crippen molar-refractivity contribution in [1.29, 1.82) is 0 Å². The number of aryl methyl sites for hydroxylation is 1. The van der Waals surface area contributed by atoms with Crippen molar-refractivity contribution in [2.75, 3.05) is 6.54 Å². The second-order valence-corrected chi connectivity index (χ2v) is 8.53. The molecule has 2 amide bonds. The van der Waals surface area contributed by atoms with E-state index < -0.39 is 29.7 Å². The van der Waals surface area contributed by atoms with E-state index in [-0.39, 0.29) is 24.7 Å². The Hall–Kier alpha value is -3.49. The van der Waals surface area contributed by atoms with Gasteiger partial charge in [-0.3, -0.25) is 14.4 Å². The summed E-state index contributed by atoms with van der Waals surface area (Å²) in [7, 11) is 0. The van der Waals surface area contributed by atoms with Gasteiger partial charge < -0.3 is 19.9 Å². The fourth-order valence-electron chi connectivity index (χ4n) is 3.84. The first-order valence-electron chi connectivity index (χ1n) is 11.2. The number of ether oxygens (including phenoxy) is 1. The predicted molar refractivity (Wildman–Crippen MR) is 120 cm³/mol. The van der Waals surface area contributed by atoms with E-state index in [1.54, 1.807) is 26.4 Å². The summed E-state index contributed by atoms with van der Waals surface area (Å²) in [5.74, 6) is -2.60. The van der Waals surface area contributed by atoms with E-state index in [4.69, 9.17) is 4.74 Å². The van der Waals surface area contributed by atoms with Crippen LogP contribution in [0.3, 0.4) is 0 Å². The molecular formula is C24H30N4O5. The highest BCUT2D eigenvalue weighted by atomic mass is 16.5. The summed E-state index contributed by atoms with van der Waals surface area (Å²) < 4.78 is 7.17. The zero-order chi connectivity index (χ0) is 23.8. The number of amides is 2. The van der Waals surface area contributed by atoms with Gasteiger partial charge in [0.25, 0.3) is 5.91 Å². The molecule has 0 fully saturated rings. The van der Waals surface area contributed by atoms with Gasteiger partial charge in [-0.1, -0.05) is 44.2 Å². The minimum Gasteiger partial charge on any atom is -0.445 e. The first-order valence-corrected chi connectivity index (χ1v) is 11.2. The smallest absolute Gasteiger partial charge is 0.408 e. The second kappa shape index (κ2) is 11.4. The summed E-state index contributed by atoms with van der Waals surface area (Å²) in [6, 6.07) is 8.39. The van der Waals surface area contributed by atoms with Crippen LogP contribution in [0.15, 0.2) is 42.9 Å². The molecule has 2 heterocycles. The second-order valence-electron chi connectivity index (χ2n) is 8.53. The maximum Gasteiger partial charge on any atom is 0.408 e. The molecule has 9 nitrogen and oxygen atoms in total. The Bertz CT molecular complexity index is 986. The molecule has 0 aliphatic carbocycles. The van der Waals surface area contributed by atoms with Crippen LogP contribution in [0.25, 0.3) is 0 Å². The summed E-state index contributed by atoms with van der Waals surface area (Å²) in [6.07, 6.45) is 3.47. The summed E-state index contributed by atoms with van der Waals surface area (Å²) in [6.45, 7) is 4.49. The first-order chi connectivity index (χ1) is 15.8. The molecule has 176 valence electrons. The van der Waals surface area contributed by atoms with Gasteiger partial charge in [-0.2, -0.15) is 0 Å². The lowest BCUT2D eigenvalue weighted by Crippen LogP contribution is -2.46. The Kier molecular flexibility index (Phi) is 8.34. The quantitative estimate of drug-likeness (QED) is 0.618. The molecule has 2 aromatic rings. The molecule has 2 atom stereocenters. The van der Waals surface area contributed by atoms with Crippen molar-refractivity contribution in [2.24, 2.45) is 11.8 Å². The van der Waals surface area contributed by atoms with E-state index in [0.29, 0.717) is 25.9 Å². The lowest BCUT2D eigenvalue weighted by atomic mass is 9.88. The third-order valence-electron chi connectivity index (χ3n) is 5.73. The number of benzene rings is 1. The van der Waals surface area contributed by atoms with Crippen molar-refractivity contribution in [3.8, 4) is 0 Å². The van der Waals surface area contributed by atoms with E-state index in [0.717, 1.165) is 11.3 Å². The van der Waals surface area contributed by atoms with E-state index in [2.05, 4.69) is 15.6 Å². The van der Waals surface area contributed by atoms with E-state index in [1.807, 2.05) is 34.9 Å². The number of carbonyl (C=O) groups is 4. The molecule has 1 aliphatic rings. The highest BCUT2D eigenvalue weighted by molar-refractivity contribution is 6.37. The molecule has 0 saturated carbocycles. The van der Waals surface area contributed by atoms with E-state index in [1.165, 1.54) is 0 Å². The lowest BCUT2D eigenvalue weighted by Gasteiger charge is -2.24. The monoisotopic (exact) mass is 454 g/mol. The van der Waals surface area contributed by atoms with Gasteiger partial charge in [0.05, 0.1) is 12.4 Å². The number of hydrogen-bond acceptors (Lipinski definition) is 6. The van der Waals surface area contributed by atoms with E-state index >= 15 is 0 Å². The molecule has 1 aromatic carbocycles. The van der Waals surface area contributed by atoms with Crippen LogP contribution < -0.4 is 10.6 Å². The van der Waals surface area contributed by atoms with Crippen molar-refractivity contribution in [3.63, 3.8) is 0 Å². The Labute approximate surface area is 192 Å². The van der Waals surface area contributed by atoms with Gasteiger partial charge >= 0.3 is 6.09 Å². The molecule has 9 heteroatoms. The van der Waals surface area contributed by atoms with Crippen molar-refractivity contribution in [1.82, 2.24) is 20.2 Å². The molecule has 0 radical (unpaired) electrons. The summed E-state index contributed by atoms with van der Waals surface area (Å²) in [4.78, 5) is 54.5. The van der Waals surface area contributed by atoms with Crippen molar-refractivity contribution >= 4 is 23.6 Å². The Morgan fingerprint density at radius 3 is 2.73 bits per heavy atom. The number of Topliss-reactive ketones (excluding diaryl/α,β-unsaturated/α-hetero) is 2. The average Bonchev–Trinajstić information content (AvgIpc) is 3.25. The molecule has 2 N–H and O–H groups in total. The minimum absolute atomic E-state index is 0.0835. The van der Waals surface area contributed by atoms with Gasteiger partial charge in [0.2, 0.25) is 5.78 Å². The van der Waals surface area contributed by atoms with Gasteiger partial charge in [-0.25, -0.2) is 9.78 Å². The maximum atomic E-state index is 13.1. The minimum atomic E-state index is -0.830. The van der Waals surface area contributed by atoms with Crippen LogP contribution >= 0.6 is 0 Å². The van der Waals surface area contributed by atoms with Gasteiger partial charge in [0.1, 0.15) is 6.61 Å². The summed E-state index contributed by atoms with van der Waals surface area (Å²) >= 11 is 0. The van der Waals surface area contributed by atoms with Gasteiger partial charge in [0, 0.05) is 43.7 Å². The number of nitrogens with zero attached hydrogens (tertiary/aromatic N) is 2. The number of nitrogens with one attached hydrogen (secondary N) is 2. The zero-order valence-corrected chi connectivity index (χ0v) is 19.0. The fourth-order valence-corrected chi connectivity index (χ4v) is 3.84. The number of carbonyl (C=O) groups excluding carboxylic acids is 4. The van der Waals surface area contributed by atoms with Crippen LogP contribution in [0.1, 0.15) is 37.9 Å². The fraction of sp³-hybridized carbons (Fsp3) is 0.458. The Morgan fingerprint density at radius 2 is 2.00 bits per heavy atom. The zero-order valence-electron chi connectivity index (χ0n) is 19.0. The van der Waals surface area contributed by atoms with Crippen molar-refractivity contribution in [3.05, 3.63) is 54.1 Å². The molecule has 3 rings (SSSR count). The average molecular weight is 455 g/mol. The number of alkyl carbamates (subject to hydrolysis) is 1. The van der Waals surface area contributed by atoms with Gasteiger partial charge in [-0.15, -0.1) is 0 Å². The van der Waals surface area contributed by atoms with Crippen LogP contribution in [0.2, 0.25) is 0 Å². The number of imidazole rings is 1. The molecule has 1 aromatic heterocycles. The number of aromatic nitrogens is 2. The normalized spacial score (nSPS) is 17.6. The summed E-state index contributed by atoms with van der Waals surface area (Å²) in [5.41, 5.74) is 1.79.